The lowest BCUT2D eigenvalue weighted by Crippen LogP contribution is -2.33. The number of hydrogen-bond acceptors (Lipinski definition) is 3. The van der Waals surface area contributed by atoms with Gasteiger partial charge in [-0.05, 0) is 13.5 Å². The predicted octanol–water partition coefficient (Wildman–Crippen LogP) is 0.0465. The van der Waals surface area contributed by atoms with E-state index in [0.29, 0.717) is 6.04 Å². The molecule has 1 atom stereocenters. The molecule has 0 saturated carbocycles. The van der Waals surface area contributed by atoms with Gasteiger partial charge in [0.2, 0.25) is 0 Å². The lowest BCUT2D eigenvalue weighted by atomic mass is 10.3. The van der Waals surface area contributed by atoms with Gasteiger partial charge in [-0.2, -0.15) is 0 Å². The summed E-state index contributed by atoms with van der Waals surface area (Å²) < 4.78 is 4.59. The van der Waals surface area contributed by atoms with Crippen molar-refractivity contribution in [1.29, 1.82) is 0 Å². The normalized spacial score (nSPS) is 23.8. The summed E-state index contributed by atoms with van der Waals surface area (Å²) in [4.78, 5) is 12.7. The Morgan fingerprint density at radius 3 is 2.91 bits per heavy atom. The minimum Gasteiger partial charge on any atom is -0.453 e. The molecule has 1 fully saturated rings. The van der Waals surface area contributed by atoms with E-state index in [0.717, 1.165) is 19.5 Å². The molecule has 1 saturated heterocycles. The highest BCUT2D eigenvalue weighted by Gasteiger charge is 2.24. The van der Waals surface area contributed by atoms with Crippen molar-refractivity contribution in [1.82, 2.24) is 10.2 Å². The summed E-state index contributed by atoms with van der Waals surface area (Å²) in [7, 11) is 3.32. The van der Waals surface area contributed by atoms with Crippen molar-refractivity contribution in [3.63, 3.8) is 0 Å². The standard InChI is InChI=1S/C7H14N2O2/c1-8-6-3-4-9(5-6)7(10)11-2/h6,8H,3-5H2,1-2H3/t6-/m0/s1. The average Bonchev–Trinajstić information content (AvgIpc) is 2.50. The Morgan fingerprint density at radius 2 is 2.45 bits per heavy atom. The van der Waals surface area contributed by atoms with Gasteiger partial charge in [0.1, 0.15) is 0 Å². The Kier molecular flexibility index (Phi) is 2.70. The molecule has 0 spiro atoms. The van der Waals surface area contributed by atoms with E-state index in [1.807, 2.05) is 7.05 Å². The lowest BCUT2D eigenvalue weighted by Gasteiger charge is -2.13. The third-order valence-electron chi connectivity index (χ3n) is 2.03. The summed E-state index contributed by atoms with van der Waals surface area (Å²) >= 11 is 0. The zero-order chi connectivity index (χ0) is 8.27. The highest BCUT2D eigenvalue weighted by Crippen LogP contribution is 2.08. The van der Waals surface area contributed by atoms with Gasteiger partial charge in [-0.3, -0.25) is 0 Å². The Morgan fingerprint density at radius 1 is 1.73 bits per heavy atom. The number of likely N-dealkylation sites (N-methyl/N-ethyl adjacent to an activating group) is 1. The van der Waals surface area contributed by atoms with Gasteiger partial charge < -0.3 is 15.0 Å². The molecular weight excluding hydrogens is 144 g/mol. The molecule has 11 heavy (non-hydrogen) atoms. The van der Waals surface area contributed by atoms with E-state index in [1.54, 1.807) is 4.90 Å². The van der Waals surface area contributed by atoms with E-state index in [4.69, 9.17) is 0 Å². The van der Waals surface area contributed by atoms with Crippen LogP contribution in [0, 0.1) is 0 Å². The largest absolute Gasteiger partial charge is 0.453 e. The Hall–Kier alpha value is -0.770. The Labute approximate surface area is 66.5 Å². The van der Waals surface area contributed by atoms with E-state index >= 15 is 0 Å². The van der Waals surface area contributed by atoms with Gasteiger partial charge in [-0.1, -0.05) is 0 Å². The molecule has 0 radical (unpaired) electrons. The van der Waals surface area contributed by atoms with Crippen LogP contribution in [0.2, 0.25) is 0 Å². The van der Waals surface area contributed by atoms with Crippen LogP contribution in [0.5, 0.6) is 0 Å². The fourth-order valence-corrected chi connectivity index (χ4v) is 1.29. The zero-order valence-corrected chi connectivity index (χ0v) is 6.96. The molecular formula is C7H14N2O2. The monoisotopic (exact) mass is 158 g/mol. The summed E-state index contributed by atoms with van der Waals surface area (Å²) in [5.74, 6) is 0. The highest BCUT2D eigenvalue weighted by atomic mass is 16.5. The molecule has 1 N–H and O–H groups in total. The van der Waals surface area contributed by atoms with Crippen LogP contribution in [-0.2, 0) is 4.74 Å². The van der Waals surface area contributed by atoms with Gasteiger partial charge in [-0.15, -0.1) is 0 Å². The number of nitrogens with one attached hydrogen (secondary N) is 1. The third-order valence-corrected chi connectivity index (χ3v) is 2.03. The van der Waals surface area contributed by atoms with Gasteiger partial charge in [0.05, 0.1) is 7.11 Å². The molecule has 0 bridgehead atoms. The average molecular weight is 158 g/mol. The van der Waals surface area contributed by atoms with E-state index < -0.39 is 0 Å². The predicted molar refractivity (Wildman–Crippen MR) is 41.4 cm³/mol. The zero-order valence-electron chi connectivity index (χ0n) is 6.96. The van der Waals surface area contributed by atoms with Crippen LogP contribution in [0.15, 0.2) is 0 Å². The highest BCUT2D eigenvalue weighted by molar-refractivity contribution is 5.67. The van der Waals surface area contributed by atoms with E-state index in [9.17, 15) is 4.79 Å². The first-order valence-corrected chi connectivity index (χ1v) is 3.78. The number of amides is 1. The maximum Gasteiger partial charge on any atom is 0.409 e. The first-order chi connectivity index (χ1) is 5.27. The van der Waals surface area contributed by atoms with E-state index in [2.05, 4.69) is 10.1 Å². The van der Waals surface area contributed by atoms with E-state index in [-0.39, 0.29) is 6.09 Å². The lowest BCUT2D eigenvalue weighted by molar-refractivity contribution is 0.132. The van der Waals surface area contributed by atoms with Crippen molar-refractivity contribution in [2.24, 2.45) is 0 Å². The van der Waals surface area contributed by atoms with Crippen LogP contribution in [0.25, 0.3) is 0 Å². The van der Waals surface area contributed by atoms with Crippen LogP contribution in [-0.4, -0.2) is 44.3 Å². The van der Waals surface area contributed by atoms with Crippen molar-refractivity contribution < 1.29 is 9.53 Å². The number of hydrogen-bond donors (Lipinski definition) is 1. The number of likely N-dealkylation sites (tertiary alicyclic amines) is 1. The number of carbonyl (C=O) groups is 1. The molecule has 0 aromatic rings. The Balaban J connectivity index is 2.35. The van der Waals surface area contributed by atoms with Crippen LogP contribution in [0.4, 0.5) is 4.79 Å². The maximum atomic E-state index is 11.0. The summed E-state index contributed by atoms with van der Waals surface area (Å²) in [5, 5.41) is 3.12. The molecule has 64 valence electrons. The minimum atomic E-state index is -0.220. The van der Waals surface area contributed by atoms with Crippen molar-refractivity contribution in [3.05, 3.63) is 0 Å². The quantitative estimate of drug-likeness (QED) is 0.586. The third kappa shape index (κ3) is 1.83. The Bertz CT molecular complexity index is 149. The van der Waals surface area contributed by atoms with Gasteiger partial charge in [0.15, 0.2) is 0 Å². The number of carbonyl (C=O) groups excluding carboxylic acids is 1. The molecule has 0 aliphatic carbocycles. The summed E-state index contributed by atoms with van der Waals surface area (Å²) in [6.07, 6.45) is 0.800. The molecule has 0 unspecified atom stereocenters. The second-order valence-electron chi connectivity index (χ2n) is 2.69. The van der Waals surface area contributed by atoms with Crippen LogP contribution in [0.3, 0.4) is 0 Å². The molecule has 1 aliphatic rings. The van der Waals surface area contributed by atoms with Gasteiger partial charge in [0, 0.05) is 19.1 Å². The van der Waals surface area contributed by atoms with Gasteiger partial charge in [-0.25, -0.2) is 4.79 Å². The second kappa shape index (κ2) is 3.57. The van der Waals surface area contributed by atoms with Crippen LogP contribution < -0.4 is 5.32 Å². The minimum absolute atomic E-state index is 0.220. The smallest absolute Gasteiger partial charge is 0.409 e. The van der Waals surface area contributed by atoms with E-state index in [1.165, 1.54) is 7.11 Å². The summed E-state index contributed by atoms with van der Waals surface area (Å²) in [6.45, 7) is 1.57. The second-order valence-corrected chi connectivity index (χ2v) is 2.69. The molecule has 4 heteroatoms. The fourth-order valence-electron chi connectivity index (χ4n) is 1.29. The number of ether oxygens (including phenoxy) is 1. The first kappa shape index (κ1) is 8.33. The number of rotatable bonds is 1. The molecule has 0 aromatic heterocycles. The van der Waals surface area contributed by atoms with Crippen molar-refractivity contribution >= 4 is 6.09 Å². The summed E-state index contributed by atoms with van der Waals surface area (Å²) in [5.41, 5.74) is 0. The molecule has 1 heterocycles. The van der Waals surface area contributed by atoms with Crippen LogP contribution in [0.1, 0.15) is 6.42 Å². The summed E-state index contributed by atoms with van der Waals surface area (Å²) in [6, 6.07) is 0.439. The fraction of sp³-hybridized carbons (Fsp3) is 0.857. The van der Waals surface area contributed by atoms with Crippen molar-refractivity contribution in [2.45, 2.75) is 12.5 Å². The van der Waals surface area contributed by atoms with Crippen molar-refractivity contribution in [3.8, 4) is 0 Å². The first-order valence-electron chi connectivity index (χ1n) is 3.78. The molecule has 1 amide bonds. The SMILES string of the molecule is CN[C@H]1CCN(C(=O)OC)C1. The topological polar surface area (TPSA) is 41.6 Å². The number of nitrogens with zero attached hydrogens (tertiary/aromatic N) is 1. The van der Waals surface area contributed by atoms with Gasteiger partial charge >= 0.3 is 6.09 Å². The maximum absolute atomic E-state index is 11.0. The van der Waals surface area contributed by atoms with Crippen molar-refractivity contribution in [2.75, 3.05) is 27.2 Å². The number of methoxy groups -OCH3 is 1. The van der Waals surface area contributed by atoms with Gasteiger partial charge in [0.25, 0.3) is 0 Å². The molecule has 0 aromatic carbocycles. The molecule has 1 aliphatic heterocycles. The molecule has 1 rings (SSSR count). The molecule has 4 nitrogen and oxygen atoms in total. The van der Waals surface area contributed by atoms with Crippen LogP contribution >= 0.6 is 0 Å².